The first kappa shape index (κ1) is 11.7. The lowest BCUT2D eigenvalue weighted by Crippen LogP contribution is -2.25. The lowest BCUT2D eigenvalue weighted by Gasteiger charge is -2.20. The predicted octanol–water partition coefficient (Wildman–Crippen LogP) is 1.33. The normalized spacial score (nSPS) is 20.9. The molecule has 0 amide bonds. The Hall–Kier alpha value is -1.78. The molecule has 5 nitrogen and oxygen atoms in total. The van der Waals surface area contributed by atoms with Gasteiger partial charge in [-0.3, -0.25) is 0 Å². The molecular formula is C12H18N4O. The molecule has 2 rings (SSSR count). The average Bonchev–Trinajstić information content (AvgIpc) is 2.75. The second kappa shape index (κ2) is 4.61. The van der Waals surface area contributed by atoms with Gasteiger partial charge in [0.2, 0.25) is 0 Å². The van der Waals surface area contributed by atoms with Crippen LogP contribution in [0.5, 0.6) is 0 Å². The molecular weight excluding hydrogens is 216 g/mol. The number of oxime groups is 1. The average molecular weight is 234 g/mol. The minimum Gasteiger partial charge on any atom is -0.409 e. The molecule has 1 aromatic heterocycles. The van der Waals surface area contributed by atoms with Crippen molar-refractivity contribution >= 4 is 11.7 Å². The Kier molecular flexibility index (Phi) is 3.17. The zero-order valence-corrected chi connectivity index (χ0v) is 10.2. The minimum atomic E-state index is 0.118. The van der Waals surface area contributed by atoms with E-state index in [0.717, 1.165) is 31.0 Å². The molecule has 1 fully saturated rings. The zero-order chi connectivity index (χ0) is 12.4. The Bertz CT molecular complexity index is 444. The van der Waals surface area contributed by atoms with Crippen LogP contribution in [0.1, 0.15) is 24.6 Å². The molecule has 1 aromatic rings. The van der Waals surface area contributed by atoms with Crippen molar-refractivity contribution in [1.82, 2.24) is 4.98 Å². The van der Waals surface area contributed by atoms with Crippen molar-refractivity contribution in [3.8, 4) is 0 Å². The molecule has 17 heavy (non-hydrogen) atoms. The largest absolute Gasteiger partial charge is 0.409 e. The van der Waals surface area contributed by atoms with E-state index in [1.165, 1.54) is 0 Å². The Labute approximate surface area is 101 Å². The van der Waals surface area contributed by atoms with Crippen LogP contribution in [0.15, 0.2) is 17.3 Å². The number of hydrogen-bond donors (Lipinski definition) is 2. The van der Waals surface area contributed by atoms with Crippen molar-refractivity contribution < 1.29 is 5.21 Å². The number of anilines is 1. The van der Waals surface area contributed by atoms with Crippen LogP contribution in [0, 0.1) is 12.8 Å². The summed E-state index contributed by atoms with van der Waals surface area (Å²) in [6.45, 7) is 6.11. The molecule has 2 heterocycles. The fourth-order valence-corrected chi connectivity index (χ4v) is 2.17. The molecule has 0 aromatic carbocycles. The van der Waals surface area contributed by atoms with Gasteiger partial charge in [-0.25, -0.2) is 4.98 Å². The Morgan fingerprint density at radius 3 is 2.94 bits per heavy atom. The van der Waals surface area contributed by atoms with Gasteiger partial charge in [0, 0.05) is 18.8 Å². The summed E-state index contributed by atoms with van der Waals surface area (Å²) in [5, 5.41) is 11.9. The molecule has 0 spiro atoms. The summed E-state index contributed by atoms with van der Waals surface area (Å²) >= 11 is 0. The van der Waals surface area contributed by atoms with Crippen molar-refractivity contribution in [3.05, 3.63) is 23.4 Å². The summed E-state index contributed by atoms with van der Waals surface area (Å²) in [4.78, 5) is 6.71. The number of hydrogen-bond acceptors (Lipinski definition) is 4. The second-order valence-corrected chi connectivity index (χ2v) is 4.65. The van der Waals surface area contributed by atoms with Crippen LogP contribution in [0.2, 0.25) is 0 Å². The molecule has 1 atom stereocenters. The van der Waals surface area contributed by atoms with Crippen molar-refractivity contribution in [3.63, 3.8) is 0 Å². The molecule has 0 aliphatic carbocycles. The van der Waals surface area contributed by atoms with E-state index in [2.05, 4.69) is 22.0 Å². The first-order chi connectivity index (χ1) is 8.11. The van der Waals surface area contributed by atoms with E-state index in [9.17, 15) is 0 Å². The second-order valence-electron chi connectivity index (χ2n) is 4.65. The third kappa shape index (κ3) is 2.33. The number of amidine groups is 1. The molecule has 0 radical (unpaired) electrons. The van der Waals surface area contributed by atoms with Gasteiger partial charge in [0.25, 0.3) is 0 Å². The Morgan fingerprint density at radius 2 is 2.35 bits per heavy atom. The molecule has 1 aliphatic rings. The number of aromatic nitrogens is 1. The maximum atomic E-state index is 8.79. The maximum absolute atomic E-state index is 8.79. The van der Waals surface area contributed by atoms with E-state index in [1.54, 1.807) is 0 Å². The fourth-order valence-electron chi connectivity index (χ4n) is 2.17. The topological polar surface area (TPSA) is 74.7 Å². The molecule has 3 N–H and O–H groups in total. The van der Waals surface area contributed by atoms with Crippen molar-refractivity contribution in [2.75, 3.05) is 18.0 Å². The summed E-state index contributed by atoms with van der Waals surface area (Å²) in [6, 6.07) is 3.73. The highest BCUT2D eigenvalue weighted by Gasteiger charge is 2.23. The van der Waals surface area contributed by atoms with E-state index >= 15 is 0 Å². The number of nitrogens with zero attached hydrogens (tertiary/aromatic N) is 3. The zero-order valence-electron chi connectivity index (χ0n) is 10.2. The van der Waals surface area contributed by atoms with Gasteiger partial charge < -0.3 is 15.8 Å². The van der Waals surface area contributed by atoms with E-state index in [0.29, 0.717) is 11.5 Å². The van der Waals surface area contributed by atoms with Gasteiger partial charge >= 0.3 is 0 Å². The maximum Gasteiger partial charge on any atom is 0.173 e. The lowest BCUT2D eigenvalue weighted by molar-refractivity contribution is 0.318. The van der Waals surface area contributed by atoms with Crippen molar-refractivity contribution in [2.24, 2.45) is 16.8 Å². The van der Waals surface area contributed by atoms with Gasteiger partial charge in [0.1, 0.15) is 5.82 Å². The molecule has 1 saturated heterocycles. The van der Waals surface area contributed by atoms with Crippen LogP contribution in [-0.4, -0.2) is 29.1 Å². The number of rotatable bonds is 2. The van der Waals surface area contributed by atoms with Crippen LogP contribution < -0.4 is 10.6 Å². The lowest BCUT2D eigenvalue weighted by atomic mass is 10.2. The van der Waals surface area contributed by atoms with Gasteiger partial charge in [-0.15, -0.1) is 0 Å². The van der Waals surface area contributed by atoms with E-state index in [4.69, 9.17) is 10.9 Å². The fraction of sp³-hybridized carbons (Fsp3) is 0.500. The molecule has 1 unspecified atom stereocenters. The van der Waals surface area contributed by atoms with Gasteiger partial charge in [-0.2, -0.15) is 0 Å². The Balaban J connectivity index is 2.40. The van der Waals surface area contributed by atoms with Gasteiger partial charge in [0.15, 0.2) is 5.84 Å². The highest BCUT2D eigenvalue weighted by Crippen LogP contribution is 2.25. The first-order valence-electron chi connectivity index (χ1n) is 5.82. The number of nitrogens with two attached hydrogens (primary N) is 1. The summed E-state index contributed by atoms with van der Waals surface area (Å²) in [5.41, 5.74) is 7.32. The summed E-state index contributed by atoms with van der Waals surface area (Å²) in [6.07, 6.45) is 1.16. The highest BCUT2D eigenvalue weighted by atomic mass is 16.4. The van der Waals surface area contributed by atoms with Gasteiger partial charge in [-0.05, 0) is 31.4 Å². The van der Waals surface area contributed by atoms with Crippen molar-refractivity contribution in [2.45, 2.75) is 20.3 Å². The van der Waals surface area contributed by atoms with Crippen molar-refractivity contribution in [1.29, 1.82) is 0 Å². The Morgan fingerprint density at radius 1 is 1.59 bits per heavy atom. The monoisotopic (exact) mass is 234 g/mol. The standard InChI is InChI=1S/C12H18N4O/c1-8-5-6-16(7-8)12-10(11(13)15-17)4-3-9(2)14-12/h3-4,8,17H,5-7H2,1-2H3,(H2,13,15). The van der Waals surface area contributed by atoms with Crippen LogP contribution >= 0.6 is 0 Å². The predicted molar refractivity (Wildman–Crippen MR) is 67.5 cm³/mol. The number of aryl methyl sites for hydroxylation is 1. The molecule has 1 aliphatic heterocycles. The van der Waals surface area contributed by atoms with Crippen LogP contribution in [0.25, 0.3) is 0 Å². The van der Waals surface area contributed by atoms with Gasteiger partial charge in [-0.1, -0.05) is 12.1 Å². The van der Waals surface area contributed by atoms with Crippen LogP contribution in [0.3, 0.4) is 0 Å². The first-order valence-corrected chi connectivity index (χ1v) is 5.82. The smallest absolute Gasteiger partial charge is 0.173 e. The highest BCUT2D eigenvalue weighted by molar-refractivity contribution is 6.01. The third-order valence-corrected chi connectivity index (χ3v) is 3.12. The number of pyridine rings is 1. The van der Waals surface area contributed by atoms with E-state index < -0.39 is 0 Å². The molecule has 92 valence electrons. The SMILES string of the molecule is Cc1ccc(C(N)=NO)c(N2CCC(C)C2)n1. The molecule has 5 heteroatoms. The third-order valence-electron chi connectivity index (χ3n) is 3.12. The van der Waals surface area contributed by atoms with E-state index in [1.807, 2.05) is 19.1 Å². The van der Waals surface area contributed by atoms with Crippen LogP contribution in [-0.2, 0) is 0 Å². The van der Waals surface area contributed by atoms with E-state index in [-0.39, 0.29) is 5.84 Å². The summed E-state index contributed by atoms with van der Waals surface area (Å²) in [5.74, 6) is 1.61. The van der Waals surface area contributed by atoms with Crippen LogP contribution in [0.4, 0.5) is 5.82 Å². The summed E-state index contributed by atoms with van der Waals surface area (Å²) < 4.78 is 0. The minimum absolute atomic E-state index is 0.118. The quantitative estimate of drug-likeness (QED) is 0.350. The molecule has 0 bridgehead atoms. The molecule has 0 saturated carbocycles. The summed E-state index contributed by atoms with van der Waals surface area (Å²) in [7, 11) is 0. The van der Waals surface area contributed by atoms with Gasteiger partial charge in [0.05, 0.1) is 5.56 Å².